The fourth-order valence-corrected chi connectivity index (χ4v) is 3.19. The minimum Gasteiger partial charge on any atom is -0.298 e. The lowest BCUT2D eigenvalue weighted by Crippen LogP contribution is -2.45. The van der Waals surface area contributed by atoms with Crippen LogP contribution in [0.1, 0.15) is 5.56 Å². The second kappa shape index (κ2) is 5.65. The Morgan fingerprint density at radius 3 is 2.82 bits per heavy atom. The summed E-state index contributed by atoms with van der Waals surface area (Å²) >= 11 is 1.83. The van der Waals surface area contributed by atoms with Crippen LogP contribution in [0.4, 0.5) is 4.39 Å². The average molecular weight is 253 g/mol. The molecule has 0 aliphatic carbocycles. The van der Waals surface area contributed by atoms with Gasteiger partial charge in [-0.15, -0.1) is 0 Å². The Hall–Kier alpha value is -0.870. The Bertz CT molecular complexity index is 393. The summed E-state index contributed by atoms with van der Waals surface area (Å²) in [5.74, 6) is 1.94. The zero-order valence-electron chi connectivity index (χ0n) is 9.86. The third-order valence-electron chi connectivity index (χ3n) is 3.06. The van der Waals surface area contributed by atoms with Crippen molar-refractivity contribution in [3.8, 4) is 0 Å². The van der Waals surface area contributed by atoms with Crippen molar-refractivity contribution in [3.63, 3.8) is 0 Å². The Morgan fingerprint density at radius 1 is 1.47 bits per heavy atom. The van der Waals surface area contributed by atoms with Crippen molar-refractivity contribution in [2.75, 3.05) is 25.1 Å². The highest BCUT2D eigenvalue weighted by molar-refractivity contribution is 7.99. The number of hydrogen-bond acceptors (Lipinski definition) is 3. The van der Waals surface area contributed by atoms with Gasteiger partial charge in [0.25, 0.3) is 0 Å². The molecule has 1 fully saturated rings. The molecule has 1 aromatic rings. The van der Waals surface area contributed by atoms with Crippen LogP contribution in [-0.4, -0.2) is 41.8 Å². The second-order valence-electron chi connectivity index (χ2n) is 4.34. The maximum absolute atomic E-state index is 12.7. The van der Waals surface area contributed by atoms with Crippen LogP contribution in [0.2, 0.25) is 0 Å². The van der Waals surface area contributed by atoms with Crippen molar-refractivity contribution in [2.24, 2.45) is 0 Å². The summed E-state index contributed by atoms with van der Waals surface area (Å²) < 4.78 is 12.7. The van der Waals surface area contributed by atoms with Gasteiger partial charge in [-0.25, -0.2) is 4.39 Å². The van der Waals surface area contributed by atoms with Crippen molar-refractivity contribution in [1.29, 1.82) is 0 Å². The molecule has 2 nitrogen and oxygen atoms in total. The molecular weight excluding hydrogens is 237 g/mol. The highest BCUT2D eigenvalue weighted by atomic mass is 32.2. The number of thioether (sulfide) groups is 1. The molecule has 1 aliphatic heterocycles. The SMILES string of the molecule is CN1CCSCC1C(=O)Cc1ccc(F)cc1. The standard InChI is InChI=1S/C13H16FNOS/c1-15-6-7-17-9-12(15)13(16)8-10-2-4-11(14)5-3-10/h2-5,12H,6-9H2,1H3. The van der Waals surface area contributed by atoms with E-state index in [0.717, 1.165) is 23.6 Å². The summed E-state index contributed by atoms with van der Waals surface area (Å²) in [4.78, 5) is 14.2. The largest absolute Gasteiger partial charge is 0.298 e. The smallest absolute Gasteiger partial charge is 0.155 e. The predicted molar refractivity (Wildman–Crippen MR) is 68.9 cm³/mol. The van der Waals surface area contributed by atoms with E-state index in [0.29, 0.717) is 6.42 Å². The molecule has 4 heteroatoms. The first-order valence-electron chi connectivity index (χ1n) is 5.72. The topological polar surface area (TPSA) is 20.3 Å². The molecule has 0 radical (unpaired) electrons. The summed E-state index contributed by atoms with van der Waals surface area (Å²) in [6.45, 7) is 0.963. The Morgan fingerprint density at radius 2 is 2.18 bits per heavy atom. The van der Waals surface area contributed by atoms with Crippen LogP contribution in [0.3, 0.4) is 0 Å². The van der Waals surface area contributed by atoms with E-state index in [1.807, 2.05) is 18.8 Å². The minimum atomic E-state index is -0.258. The normalized spacial score (nSPS) is 21.4. The molecule has 1 aliphatic rings. The van der Waals surface area contributed by atoms with Gasteiger partial charge in [0.05, 0.1) is 6.04 Å². The van der Waals surface area contributed by atoms with E-state index in [1.165, 1.54) is 12.1 Å². The molecule has 0 N–H and O–H groups in total. The highest BCUT2D eigenvalue weighted by Crippen LogP contribution is 2.17. The number of hydrogen-bond donors (Lipinski definition) is 0. The molecule has 2 rings (SSSR count). The fourth-order valence-electron chi connectivity index (χ4n) is 1.95. The zero-order valence-corrected chi connectivity index (χ0v) is 10.7. The van der Waals surface area contributed by atoms with Crippen LogP contribution in [0, 0.1) is 5.82 Å². The van der Waals surface area contributed by atoms with Gasteiger partial charge in [-0.05, 0) is 24.7 Å². The number of carbonyl (C=O) groups is 1. The molecule has 1 unspecified atom stereocenters. The molecule has 1 atom stereocenters. The molecule has 0 aromatic heterocycles. The summed E-state index contributed by atoms with van der Waals surface area (Å²) in [5.41, 5.74) is 0.889. The third-order valence-corrected chi connectivity index (χ3v) is 4.08. The second-order valence-corrected chi connectivity index (χ2v) is 5.49. The van der Waals surface area contributed by atoms with E-state index in [9.17, 15) is 9.18 Å². The third kappa shape index (κ3) is 3.30. The van der Waals surface area contributed by atoms with E-state index >= 15 is 0 Å². The van der Waals surface area contributed by atoms with Gasteiger partial charge in [0, 0.05) is 24.5 Å². The lowest BCUT2D eigenvalue weighted by molar-refractivity contribution is -0.122. The van der Waals surface area contributed by atoms with Crippen molar-refractivity contribution < 1.29 is 9.18 Å². The van der Waals surface area contributed by atoms with E-state index in [2.05, 4.69) is 4.90 Å². The molecule has 1 heterocycles. The first-order valence-corrected chi connectivity index (χ1v) is 6.87. The lowest BCUT2D eigenvalue weighted by Gasteiger charge is -2.30. The van der Waals surface area contributed by atoms with Gasteiger partial charge in [-0.2, -0.15) is 11.8 Å². The molecule has 17 heavy (non-hydrogen) atoms. The minimum absolute atomic E-state index is 0.0128. The molecule has 0 saturated carbocycles. The Labute approximate surface area is 105 Å². The quantitative estimate of drug-likeness (QED) is 0.821. The number of rotatable bonds is 3. The van der Waals surface area contributed by atoms with Crippen molar-refractivity contribution in [3.05, 3.63) is 35.6 Å². The molecule has 1 aromatic carbocycles. The Balaban J connectivity index is 1.98. The lowest BCUT2D eigenvalue weighted by atomic mass is 10.0. The highest BCUT2D eigenvalue weighted by Gasteiger charge is 2.25. The van der Waals surface area contributed by atoms with Gasteiger partial charge in [-0.1, -0.05) is 12.1 Å². The van der Waals surface area contributed by atoms with E-state index < -0.39 is 0 Å². The number of Topliss-reactive ketones (excluding diaryl/α,β-unsaturated/α-hetero) is 1. The van der Waals surface area contributed by atoms with E-state index in [1.54, 1.807) is 12.1 Å². The van der Waals surface area contributed by atoms with Crippen LogP contribution in [0.5, 0.6) is 0 Å². The number of benzene rings is 1. The monoisotopic (exact) mass is 253 g/mol. The van der Waals surface area contributed by atoms with Crippen molar-refractivity contribution >= 4 is 17.5 Å². The molecule has 0 bridgehead atoms. The maximum atomic E-state index is 12.7. The maximum Gasteiger partial charge on any atom is 0.155 e. The van der Waals surface area contributed by atoms with E-state index in [-0.39, 0.29) is 17.6 Å². The molecule has 1 saturated heterocycles. The fraction of sp³-hybridized carbons (Fsp3) is 0.462. The summed E-state index contributed by atoms with van der Waals surface area (Å²) in [6, 6.07) is 6.19. The van der Waals surface area contributed by atoms with E-state index in [4.69, 9.17) is 0 Å². The number of likely N-dealkylation sites (N-methyl/N-ethyl adjacent to an activating group) is 1. The number of halogens is 1. The van der Waals surface area contributed by atoms with Crippen LogP contribution in [0.25, 0.3) is 0 Å². The number of ketones is 1. The van der Waals surface area contributed by atoms with Crippen molar-refractivity contribution in [1.82, 2.24) is 4.90 Å². The summed E-state index contributed by atoms with van der Waals surface area (Å²) in [7, 11) is 1.99. The molecule has 92 valence electrons. The molecule has 0 spiro atoms. The first kappa shape index (κ1) is 12.6. The number of nitrogens with zero attached hydrogens (tertiary/aromatic N) is 1. The predicted octanol–water partition coefficient (Wildman–Crippen LogP) is 1.98. The van der Waals surface area contributed by atoms with Gasteiger partial charge < -0.3 is 0 Å². The van der Waals surface area contributed by atoms with Crippen LogP contribution in [-0.2, 0) is 11.2 Å². The van der Waals surface area contributed by atoms with Gasteiger partial charge in [-0.3, -0.25) is 9.69 Å². The summed E-state index contributed by atoms with van der Waals surface area (Å²) in [5, 5.41) is 0. The van der Waals surface area contributed by atoms with Gasteiger partial charge >= 0.3 is 0 Å². The first-order chi connectivity index (χ1) is 8.16. The van der Waals surface area contributed by atoms with Crippen LogP contribution >= 0.6 is 11.8 Å². The average Bonchev–Trinajstić information content (AvgIpc) is 2.32. The van der Waals surface area contributed by atoms with Gasteiger partial charge in [0.2, 0.25) is 0 Å². The van der Waals surface area contributed by atoms with Gasteiger partial charge in [0.1, 0.15) is 5.82 Å². The summed E-state index contributed by atoms with van der Waals surface area (Å²) in [6.07, 6.45) is 0.399. The van der Waals surface area contributed by atoms with Gasteiger partial charge in [0.15, 0.2) is 5.78 Å². The zero-order chi connectivity index (χ0) is 12.3. The van der Waals surface area contributed by atoms with Crippen LogP contribution in [0.15, 0.2) is 24.3 Å². The van der Waals surface area contributed by atoms with Crippen LogP contribution < -0.4 is 0 Å². The van der Waals surface area contributed by atoms with Crippen molar-refractivity contribution in [2.45, 2.75) is 12.5 Å². The molecular formula is C13H16FNOS. The number of carbonyl (C=O) groups excluding carboxylic acids is 1. The Kier molecular flexibility index (Phi) is 4.18. The molecule has 0 amide bonds.